The predicted octanol–water partition coefficient (Wildman–Crippen LogP) is 2.31. The molecule has 5 nitrogen and oxygen atoms in total. The fraction of sp³-hybridized carbons (Fsp3) is 0.0714. The van der Waals surface area contributed by atoms with Crippen molar-refractivity contribution in [2.75, 3.05) is 11.8 Å². The number of hydrogen-bond acceptors (Lipinski definition) is 4. The minimum atomic E-state index is -3.66. The van der Waals surface area contributed by atoms with Crippen LogP contribution >= 0.6 is 0 Å². The molecular formula is C14H13NO4S. The van der Waals surface area contributed by atoms with Gasteiger partial charge < -0.3 is 4.74 Å². The smallest absolute Gasteiger partial charge is 0.261 e. The number of ether oxygens (including phenoxy) is 1. The molecule has 0 atom stereocenters. The maximum Gasteiger partial charge on any atom is 0.261 e. The summed E-state index contributed by atoms with van der Waals surface area (Å²) in [5, 5.41) is 0. The quantitative estimate of drug-likeness (QED) is 0.858. The van der Waals surface area contributed by atoms with Crippen molar-refractivity contribution in [1.29, 1.82) is 0 Å². The van der Waals surface area contributed by atoms with Gasteiger partial charge in [-0.2, -0.15) is 0 Å². The predicted molar refractivity (Wildman–Crippen MR) is 75.6 cm³/mol. The lowest BCUT2D eigenvalue weighted by Gasteiger charge is -2.08. The summed E-state index contributed by atoms with van der Waals surface area (Å²) in [6.45, 7) is 0. The minimum absolute atomic E-state index is 0.0962. The number of carbonyl (C=O) groups is 1. The molecule has 1 N–H and O–H groups in total. The van der Waals surface area contributed by atoms with Crippen LogP contribution in [0.5, 0.6) is 5.75 Å². The van der Waals surface area contributed by atoms with E-state index in [1.165, 1.54) is 31.4 Å². The first-order valence-electron chi connectivity index (χ1n) is 5.77. The molecule has 0 fully saturated rings. The van der Waals surface area contributed by atoms with Crippen molar-refractivity contribution in [2.24, 2.45) is 0 Å². The largest absolute Gasteiger partial charge is 0.497 e. The Bertz CT molecular complexity index is 691. The number of aldehydes is 1. The highest BCUT2D eigenvalue weighted by Crippen LogP contribution is 2.19. The van der Waals surface area contributed by atoms with E-state index in [2.05, 4.69) is 4.72 Å². The van der Waals surface area contributed by atoms with Crippen molar-refractivity contribution in [3.05, 3.63) is 54.1 Å². The molecule has 0 unspecified atom stereocenters. The van der Waals surface area contributed by atoms with Crippen LogP contribution in [0.25, 0.3) is 0 Å². The Kier molecular flexibility index (Phi) is 4.05. The van der Waals surface area contributed by atoms with Crippen molar-refractivity contribution in [1.82, 2.24) is 0 Å². The van der Waals surface area contributed by atoms with E-state index in [-0.39, 0.29) is 4.90 Å². The molecule has 0 heterocycles. The Hall–Kier alpha value is -2.34. The Morgan fingerprint density at radius 3 is 2.10 bits per heavy atom. The lowest BCUT2D eigenvalue weighted by Crippen LogP contribution is -2.12. The maximum absolute atomic E-state index is 12.1. The highest BCUT2D eigenvalue weighted by atomic mass is 32.2. The van der Waals surface area contributed by atoms with E-state index in [1.54, 1.807) is 24.3 Å². The molecular weight excluding hydrogens is 278 g/mol. The molecule has 0 aliphatic carbocycles. The molecule has 0 spiro atoms. The van der Waals surface area contributed by atoms with Crippen LogP contribution in [0.4, 0.5) is 5.69 Å². The minimum Gasteiger partial charge on any atom is -0.497 e. The van der Waals surface area contributed by atoms with Gasteiger partial charge in [0.05, 0.1) is 12.0 Å². The summed E-state index contributed by atoms with van der Waals surface area (Å²) in [7, 11) is -2.13. The highest BCUT2D eigenvalue weighted by Gasteiger charge is 2.13. The standard InChI is InChI=1S/C14H13NO4S/c1-19-13-6-4-12(5-7-13)15-20(17,18)14-8-2-11(10-16)3-9-14/h2-10,15H,1H3. The van der Waals surface area contributed by atoms with Crippen LogP contribution in [-0.4, -0.2) is 21.8 Å². The van der Waals surface area contributed by atoms with Gasteiger partial charge in [0.15, 0.2) is 0 Å². The lowest BCUT2D eigenvalue weighted by atomic mass is 10.2. The summed E-state index contributed by atoms with van der Waals surface area (Å²) in [5.74, 6) is 0.642. The van der Waals surface area contributed by atoms with Gasteiger partial charge in [0.25, 0.3) is 10.0 Å². The zero-order valence-corrected chi connectivity index (χ0v) is 11.6. The normalized spacial score (nSPS) is 10.8. The Morgan fingerprint density at radius 2 is 1.60 bits per heavy atom. The average Bonchev–Trinajstić information content (AvgIpc) is 2.48. The summed E-state index contributed by atoms with van der Waals surface area (Å²) in [4.78, 5) is 10.6. The van der Waals surface area contributed by atoms with Gasteiger partial charge in [0.2, 0.25) is 0 Å². The van der Waals surface area contributed by atoms with Gasteiger partial charge in [0.1, 0.15) is 12.0 Å². The van der Waals surface area contributed by atoms with Crippen molar-refractivity contribution >= 4 is 22.0 Å². The second-order valence-corrected chi connectivity index (χ2v) is 5.70. The van der Waals surface area contributed by atoms with Crippen LogP contribution in [0.15, 0.2) is 53.4 Å². The van der Waals surface area contributed by atoms with E-state index in [0.29, 0.717) is 23.3 Å². The SMILES string of the molecule is COc1ccc(NS(=O)(=O)c2ccc(C=O)cc2)cc1. The first-order chi connectivity index (χ1) is 9.55. The van der Waals surface area contributed by atoms with Gasteiger partial charge >= 0.3 is 0 Å². The maximum atomic E-state index is 12.1. The summed E-state index contributed by atoms with van der Waals surface area (Å²) < 4.78 is 31.7. The van der Waals surface area contributed by atoms with E-state index >= 15 is 0 Å². The second kappa shape index (κ2) is 5.75. The molecule has 0 radical (unpaired) electrons. The van der Waals surface area contributed by atoms with E-state index in [4.69, 9.17) is 4.74 Å². The third-order valence-corrected chi connectivity index (χ3v) is 4.07. The Balaban J connectivity index is 2.22. The van der Waals surface area contributed by atoms with Crippen molar-refractivity contribution in [3.8, 4) is 5.75 Å². The summed E-state index contributed by atoms with van der Waals surface area (Å²) in [6, 6.07) is 12.2. The monoisotopic (exact) mass is 291 g/mol. The Labute approximate surface area is 117 Å². The Morgan fingerprint density at radius 1 is 1.00 bits per heavy atom. The van der Waals surface area contributed by atoms with Gasteiger partial charge in [0, 0.05) is 11.3 Å². The number of hydrogen-bond donors (Lipinski definition) is 1. The molecule has 0 aliphatic rings. The number of methoxy groups -OCH3 is 1. The first kappa shape index (κ1) is 14.1. The van der Waals surface area contributed by atoms with Crippen molar-refractivity contribution < 1.29 is 17.9 Å². The van der Waals surface area contributed by atoms with Gasteiger partial charge in [-0.1, -0.05) is 12.1 Å². The zero-order chi connectivity index (χ0) is 14.6. The van der Waals surface area contributed by atoms with E-state index in [1.807, 2.05) is 0 Å². The zero-order valence-electron chi connectivity index (χ0n) is 10.7. The van der Waals surface area contributed by atoms with Gasteiger partial charge in [-0.3, -0.25) is 9.52 Å². The molecule has 0 saturated carbocycles. The van der Waals surface area contributed by atoms with Crippen LogP contribution in [0, 0.1) is 0 Å². The fourth-order valence-corrected chi connectivity index (χ4v) is 2.66. The van der Waals surface area contributed by atoms with E-state index in [9.17, 15) is 13.2 Å². The summed E-state index contributed by atoms with van der Waals surface area (Å²) >= 11 is 0. The number of anilines is 1. The lowest BCUT2D eigenvalue weighted by molar-refractivity contribution is 0.112. The molecule has 20 heavy (non-hydrogen) atoms. The third-order valence-electron chi connectivity index (χ3n) is 2.67. The molecule has 0 saturated heterocycles. The van der Waals surface area contributed by atoms with Crippen LogP contribution in [0.3, 0.4) is 0 Å². The molecule has 0 aliphatic heterocycles. The molecule has 0 amide bonds. The number of benzene rings is 2. The molecule has 2 aromatic carbocycles. The van der Waals surface area contributed by atoms with Crippen LogP contribution in [-0.2, 0) is 10.0 Å². The van der Waals surface area contributed by atoms with Gasteiger partial charge in [-0.05, 0) is 36.4 Å². The molecule has 2 rings (SSSR count). The van der Waals surface area contributed by atoms with Crippen LogP contribution in [0.1, 0.15) is 10.4 Å². The van der Waals surface area contributed by atoms with Gasteiger partial charge in [-0.25, -0.2) is 8.42 Å². The molecule has 0 bridgehead atoms. The van der Waals surface area contributed by atoms with Crippen molar-refractivity contribution in [3.63, 3.8) is 0 Å². The topological polar surface area (TPSA) is 72.5 Å². The van der Waals surface area contributed by atoms with Crippen molar-refractivity contribution in [2.45, 2.75) is 4.90 Å². The van der Waals surface area contributed by atoms with E-state index in [0.717, 1.165) is 0 Å². The number of nitrogens with one attached hydrogen (secondary N) is 1. The molecule has 104 valence electrons. The van der Waals surface area contributed by atoms with Crippen LogP contribution < -0.4 is 9.46 Å². The molecule has 2 aromatic rings. The average molecular weight is 291 g/mol. The second-order valence-electron chi connectivity index (χ2n) is 4.02. The molecule has 6 heteroatoms. The third kappa shape index (κ3) is 3.16. The molecule has 0 aromatic heterocycles. The van der Waals surface area contributed by atoms with Gasteiger partial charge in [-0.15, -0.1) is 0 Å². The van der Waals surface area contributed by atoms with Crippen LogP contribution in [0.2, 0.25) is 0 Å². The van der Waals surface area contributed by atoms with E-state index < -0.39 is 10.0 Å². The fourth-order valence-electron chi connectivity index (χ4n) is 1.60. The highest BCUT2D eigenvalue weighted by molar-refractivity contribution is 7.92. The first-order valence-corrected chi connectivity index (χ1v) is 7.25. The number of sulfonamides is 1. The number of rotatable bonds is 5. The summed E-state index contributed by atoms with van der Waals surface area (Å²) in [5.41, 5.74) is 0.860. The number of carbonyl (C=O) groups excluding carboxylic acids is 1. The summed E-state index contributed by atoms with van der Waals surface area (Å²) in [6.07, 6.45) is 0.660.